The summed E-state index contributed by atoms with van der Waals surface area (Å²) in [5, 5.41) is 8.54. The lowest BCUT2D eigenvalue weighted by molar-refractivity contribution is 0.444. The highest BCUT2D eigenvalue weighted by atomic mass is 127. The van der Waals surface area contributed by atoms with Crippen LogP contribution in [-0.2, 0) is 15.4 Å². The molecule has 1 aliphatic rings. The van der Waals surface area contributed by atoms with E-state index in [1.54, 1.807) is 15.6 Å². The number of nitrogens with zero attached hydrogens (tertiary/aromatic N) is 2. The minimum absolute atomic E-state index is 0. The first-order valence-corrected chi connectivity index (χ1v) is 10.9. The van der Waals surface area contributed by atoms with E-state index in [-0.39, 0.29) is 35.1 Å². The van der Waals surface area contributed by atoms with Gasteiger partial charge in [0, 0.05) is 36.5 Å². The van der Waals surface area contributed by atoms with Gasteiger partial charge in [-0.3, -0.25) is 4.99 Å². The van der Waals surface area contributed by atoms with E-state index in [0.717, 1.165) is 18.9 Å². The van der Waals surface area contributed by atoms with Crippen molar-refractivity contribution >= 4 is 51.3 Å². The zero-order valence-corrected chi connectivity index (χ0v) is 19.1. The fraction of sp³-hybridized carbons (Fsp3) is 0.688. The van der Waals surface area contributed by atoms with E-state index in [1.165, 1.54) is 4.88 Å². The Kier molecular flexibility index (Phi) is 9.13. The van der Waals surface area contributed by atoms with Gasteiger partial charge in [0.25, 0.3) is 0 Å². The molecule has 0 aromatic carbocycles. The second-order valence-corrected chi connectivity index (χ2v) is 9.59. The molecule has 0 atom stereocenters. The standard InChI is InChI=1S/C16H28N4O2S2.HI/c1-4-17-15(18-8-10-20-9-6-12-24(20,21)22)19-13-16(2,3)14-7-5-11-23-14;/h5,7,11H,4,6,8-10,12-13H2,1-3H3,(H2,17,18,19);1H. The summed E-state index contributed by atoms with van der Waals surface area (Å²) in [5.41, 5.74) is -0.0190. The summed E-state index contributed by atoms with van der Waals surface area (Å²) in [6.45, 7) is 9.50. The molecule has 0 spiro atoms. The molecule has 144 valence electrons. The second-order valence-electron chi connectivity index (χ2n) is 6.55. The first kappa shape index (κ1) is 22.7. The SMILES string of the molecule is CCNC(=NCC(C)(C)c1cccs1)NCCN1CCCS1(=O)=O.I. The van der Waals surface area contributed by atoms with Crippen LogP contribution >= 0.6 is 35.3 Å². The van der Waals surface area contributed by atoms with Crippen LogP contribution < -0.4 is 10.6 Å². The predicted molar refractivity (Wildman–Crippen MR) is 117 cm³/mol. The Labute approximate surface area is 172 Å². The van der Waals surface area contributed by atoms with E-state index in [2.05, 4.69) is 47.0 Å². The monoisotopic (exact) mass is 500 g/mol. The van der Waals surface area contributed by atoms with Gasteiger partial charge in [-0.2, -0.15) is 0 Å². The van der Waals surface area contributed by atoms with Gasteiger partial charge in [-0.05, 0) is 24.8 Å². The van der Waals surface area contributed by atoms with Crippen LogP contribution in [0.5, 0.6) is 0 Å². The number of halogens is 1. The van der Waals surface area contributed by atoms with Crippen LogP contribution in [0, 0.1) is 0 Å². The van der Waals surface area contributed by atoms with E-state index in [9.17, 15) is 8.42 Å². The number of nitrogens with one attached hydrogen (secondary N) is 2. The van der Waals surface area contributed by atoms with Crippen molar-refractivity contribution in [3.8, 4) is 0 Å². The highest BCUT2D eigenvalue weighted by Gasteiger charge is 2.27. The second kappa shape index (κ2) is 10.1. The number of thiophene rings is 1. The minimum atomic E-state index is -3.03. The topological polar surface area (TPSA) is 73.8 Å². The van der Waals surface area contributed by atoms with Gasteiger partial charge in [0.05, 0.1) is 12.3 Å². The molecular formula is C16H29IN4O2S2. The highest BCUT2D eigenvalue weighted by molar-refractivity contribution is 14.0. The molecule has 2 heterocycles. The first-order chi connectivity index (χ1) is 11.3. The number of hydrogen-bond acceptors (Lipinski definition) is 4. The van der Waals surface area contributed by atoms with Crippen molar-refractivity contribution in [1.82, 2.24) is 14.9 Å². The lowest BCUT2D eigenvalue weighted by atomic mass is 9.92. The summed E-state index contributed by atoms with van der Waals surface area (Å²) in [6, 6.07) is 4.20. The Morgan fingerprint density at radius 3 is 2.72 bits per heavy atom. The van der Waals surface area contributed by atoms with Crippen molar-refractivity contribution in [2.75, 3.05) is 38.5 Å². The van der Waals surface area contributed by atoms with Crippen molar-refractivity contribution in [1.29, 1.82) is 0 Å². The summed E-state index contributed by atoms with van der Waals surface area (Å²) < 4.78 is 25.2. The molecule has 1 fully saturated rings. The van der Waals surface area contributed by atoms with Gasteiger partial charge < -0.3 is 10.6 Å². The summed E-state index contributed by atoms with van der Waals surface area (Å²) in [6.07, 6.45) is 0.728. The molecule has 2 N–H and O–H groups in total. The third-order valence-corrected chi connectivity index (χ3v) is 7.21. The minimum Gasteiger partial charge on any atom is -0.357 e. The molecule has 0 bridgehead atoms. The predicted octanol–water partition coefficient (Wildman–Crippen LogP) is 2.23. The summed E-state index contributed by atoms with van der Waals surface area (Å²) in [4.78, 5) is 5.99. The van der Waals surface area contributed by atoms with E-state index in [0.29, 0.717) is 26.2 Å². The number of guanidine groups is 1. The fourth-order valence-electron chi connectivity index (χ4n) is 2.60. The van der Waals surface area contributed by atoms with Crippen LogP contribution in [0.1, 0.15) is 32.1 Å². The van der Waals surface area contributed by atoms with Gasteiger partial charge in [0.1, 0.15) is 0 Å². The third-order valence-electron chi connectivity index (χ3n) is 4.02. The summed E-state index contributed by atoms with van der Waals surface area (Å²) in [5.74, 6) is 1.01. The van der Waals surface area contributed by atoms with Crippen LogP contribution in [-0.4, -0.2) is 57.2 Å². The van der Waals surface area contributed by atoms with Gasteiger partial charge in [-0.25, -0.2) is 12.7 Å². The number of sulfonamides is 1. The molecule has 0 radical (unpaired) electrons. The number of rotatable bonds is 7. The molecule has 1 aliphatic heterocycles. The molecule has 9 heteroatoms. The highest BCUT2D eigenvalue weighted by Crippen LogP contribution is 2.27. The van der Waals surface area contributed by atoms with Crippen LogP contribution in [0.2, 0.25) is 0 Å². The number of hydrogen-bond donors (Lipinski definition) is 2. The molecule has 0 saturated carbocycles. The van der Waals surface area contributed by atoms with Crippen LogP contribution in [0.15, 0.2) is 22.5 Å². The first-order valence-electron chi connectivity index (χ1n) is 8.39. The van der Waals surface area contributed by atoms with Gasteiger partial charge in [-0.1, -0.05) is 19.9 Å². The number of aliphatic imine (C=N–C) groups is 1. The molecule has 1 aromatic heterocycles. The molecule has 0 amide bonds. The molecule has 0 unspecified atom stereocenters. The van der Waals surface area contributed by atoms with E-state index in [1.807, 2.05) is 6.92 Å². The van der Waals surface area contributed by atoms with Crippen LogP contribution in [0.4, 0.5) is 0 Å². The molecule has 0 aliphatic carbocycles. The van der Waals surface area contributed by atoms with Gasteiger partial charge in [0.2, 0.25) is 10.0 Å². The molecule has 1 aromatic rings. The van der Waals surface area contributed by atoms with Gasteiger partial charge >= 0.3 is 0 Å². The van der Waals surface area contributed by atoms with Crippen LogP contribution in [0.3, 0.4) is 0 Å². The molecule has 6 nitrogen and oxygen atoms in total. The van der Waals surface area contributed by atoms with Gasteiger partial charge in [-0.15, -0.1) is 35.3 Å². The Morgan fingerprint density at radius 2 is 2.16 bits per heavy atom. The van der Waals surface area contributed by atoms with E-state index < -0.39 is 10.0 Å². The summed E-state index contributed by atoms with van der Waals surface area (Å²) >= 11 is 1.75. The third kappa shape index (κ3) is 6.69. The normalized spacial score (nSPS) is 18.0. The molecule has 25 heavy (non-hydrogen) atoms. The molecule has 2 rings (SSSR count). The van der Waals surface area contributed by atoms with E-state index >= 15 is 0 Å². The zero-order valence-electron chi connectivity index (χ0n) is 15.1. The van der Waals surface area contributed by atoms with E-state index in [4.69, 9.17) is 0 Å². The Morgan fingerprint density at radius 1 is 1.40 bits per heavy atom. The lowest BCUT2D eigenvalue weighted by Gasteiger charge is -2.22. The maximum absolute atomic E-state index is 11.8. The van der Waals surface area contributed by atoms with Crippen molar-refractivity contribution in [2.24, 2.45) is 4.99 Å². The maximum atomic E-state index is 11.8. The average Bonchev–Trinajstić information content (AvgIpc) is 3.15. The zero-order chi connectivity index (χ0) is 17.6. The summed E-state index contributed by atoms with van der Waals surface area (Å²) in [7, 11) is -3.03. The average molecular weight is 500 g/mol. The largest absolute Gasteiger partial charge is 0.357 e. The fourth-order valence-corrected chi connectivity index (χ4v) is 4.97. The van der Waals surface area contributed by atoms with Crippen molar-refractivity contribution < 1.29 is 8.42 Å². The Hall–Kier alpha value is -0.390. The Bertz CT molecular complexity index is 645. The Balaban J connectivity index is 0.00000312. The quantitative estimate of drug-likeness (QED) is 0.342. The van der Waals surface area contributed by atoms with Crippen molar-refractivity contribution in [3.05, 3.63) is 22.4 Å². The van der Waals surface area contributed by atoms with Crippen LogP contribution in [0.25, 0.3) is 0 Å². The molecule has 1 saturated heterocycles. The van der Waals surface area contributed by atoms with Crippen molar-refractivity contribution in [2.45, 2.75) is 32.6 Å². The lowest BCUT2D eigenvalue weighted by Crippen LogP contribution is -2.42. The van der Waals surface area contributed by atoms with Crippen molar-refractivity contribution in [3.63, 3.8) is 0 Å². The molecular weight excluding hydrogens is 471 g/mol. The van der Waals surface area contributed by atoms with Gasteiger partial charge in [0.15, 0.2) is 5.96 Å². The smallest absolute Gasteiger partial charge is 0.214 e. The maximum Gasteiger partial charge on any atom is 0.214 e.